The van der Waals surface area contributed by atoms with Gasteiger partial charge in [0.05, 0.1) is 6.20 Å². The van der Waals surface area contributed by atoms with Crippen LogP contribution in [-0.2, 0) is 16.0 Å². The number of aryl methyl sites for hydroxylation is 3. The second-order valence-electron chi connectivity index (χ2n) is 10.5. The summed E-state index contributed by atoms with van der Waals surface area (Å²) in [5.41, 5.74) is 6.59. The van der Waals surface area contributed by atoms with E-state index in [-0.39, 0.29) is 24.0 Å². The van der Waals surface area contributed by atoms with Crippen LogP contribution in [0.15, 0.2) is 47.2 Å². The van der Waals surface area contributed by atoms with E-state index in [0.29, 0.717) is 22.6 Å². The first kappa shape index (κ1) is 29.7. The molecule has 4 aromatic rings. The number of hydrogen-bond acceptors (Lipinski definition) is 8. The molecule has 13 heteroatoms. The van der Waals surface area contributed by atoms with E-state index in [0.717, 1.165) is 18.1 Å². The first-order valence-electron chi connectivity index (χ1n) is 12.9. The summed E-state index contributed by atoms with van der Waals surface area (Å²) >= 11 is 0. The van der Waals surface area contributed by atoms with E-state index < -0.39 is 36.1 Å². The molecular formula is C28H31F3N6O4. The quantitative estimate of drug-likeness (QED) is 0.266. The van der Waals surface area contributed by atoms with Crippen LogP contribution in [0.1, 0.15) is 54.7 Å². The minimum Gasteiger partial charge on any atom is -0.448 e. The highest BCUT2D eigenvalue weighted by molar-refractivity contribution is 6.04. The number of alkyl halides is 3. The van der Waals surface area contributed by atoms with Gasteiger partial charge in [0.2, 0.25) is 17.3 Å². The van der Waals surface area contributed by atoms with E-state index in [4.69, 9.17) is 15.0 Å². The lowest BCUT2D eigenvalue weighted by atomic mass is 9.98. The molecule has 0 aliphatic rings. The monoisotopic (exact) mass is 572 g/mol. The number of halogens is 3. The number of rotatable bonds is 9. The lowest BCUT2D eigenvalue weighted by Gasteiger charge is -2.32. The van der Waals surface area contributed by atoms with Gasteiger partial charge in [-0.2, -0.15) is 18.2 Å². The van der Waals surface area contributed by atoms with Gasteiger partial charge < -0.3 is 20.3 Å². The van der Waals surface area contributed by atoms with Crippen LogP contribution in [0.4, 0.5) is 18.9 Å². The number of amides is 1. The van der Waals surface area contributed by atoms with Crippen molar-refractivity contribution < 1.29 is 32.0 Å². The van der Waals surface area contributed by atoms with Crippen molar-refractivity contribution in [3.63, 3.8) is 0 Å². The summed E-state index contributed by atoms with van der Waals surface area (Å²) in [6, 6.07) is 7.62. The van der Waals surface area contributed by atoms with Crippen molar-refractivity contribution in [2.75, 3.05) is 5.32 Å². The smallest absolute Gasteiger partial charge is 0.428 e. The van der Waals surface area contributed by atoms with Gasteiger partial charge in [-0.1, -0.05) is 31.1 Å². The number of esters is 1. The van der Waals surface area contributed by atoms with E-state index in [1.807, 2.05) is 26.0 Å². The zero-order valence-corrected chi connectivity index (χ0v) is 23.2. The molecule has 0 bridgehead atoms. The molecule has 0 radical (unpaired) electrons. The Balaban J connectivity index is 1.49. The van der Waals surface area contributed by atoms with Crippen LogP contribution in [0, 0.1) is 19.8 Å². The van der Waals surface area contributed by atoms with Gasteiger partial charge in [0.15, 0.2) is 0 Å². The van der Waals surface area contributed by atoms with Gasteiger partial charge in [-0.15, -0.1) is 0 Å². The molecule has 1 amide bonds. The number of ether oxygens (including phenoxy) is 1. The number of anilines is 1. The van der Waals surface area contributed by atoms with Crippen molar-refractivity contribution in [3.05, 3.63) is 65.4 Å². The highest BCUT2D eigenvalue weighted by Gasteiger charge is 2.54. The van der Waals surface area contributed by atoms with Crippen LogP contribution in [0.25, 0.3) is 17.0 Å². The molecule has 3 heterocycles. The number of nitrogens with zero attached hydrogens (tertiary/aromatic N) is 4. The average Bonchev–Trinajstić information content (AvgIpc) is 3.54. The predicted molar refractivity (Wildman–Crippen MR) is 144 cm³/mol. The van der Waals surface area contributed by atoms with Gasteiger partial charge in [0.1, 0.15) is 17.4 Å². The minimum absolute atomic E-state index is 0.0770. The Morgan fingerprint density at radius 2 is 1.90 bits per heavy atom. The minimum atomic E-state index is -4.86. The van der Waals surface area contributed by atoms with Gasteiger partial charge >= 0.3 is 12.1 Å². The fourth-order valence-electron chi connectivity index (χ4n) is 3.96. The maximum atomic E-state index is 13.9. The molecule has 41 heavy (non-hydrogen) atoms. The molecule has 0 fully saturated rings. The second kappa shape index (κ2) is 11.3. The van der Waals surface area contributed by atoms with Crippen molar-refractivity contribution >= 4 is 23.2 Å². The fourth-order valence-corrected chi connectivity index (χ4v) is 3.96. The van der Waals surface area contributed by atoms with Crippen LogP contribution in [0.2, 0.25) is 0 Å². The van der Waals surface area contributed by atoms with Crippen molar-refractivity contribution in [1.29, 1.82) is 0 Å². The number of nitrogens with one attached hydrogen (secondary N) is 1. The summed E-state index contributed by atoms with van der Waals surface area (Å²) in [5.74, 6) is -1.88. The highest BCUT2D eigenvalue weighted by Crippen LogP contribution is 2.37. The summed E-state index contributed by atoms with van der Waals surface area (Å²) in [4.78, 5) is 33.7. The number of carbonyl (C=O) groups is 2. The fraction of sp³-hybridized carbons (Fsp3) is 0.393. The van der Waals surface area contributed by atoms with E-state index in [1.165, 1.54) is 6.20 Å². The Bertz CT molecular complexity index is 1580. The molecule has 1 unspecified atom stereocenters. The third kappa shape index (κ3) is 6.40. The average molecular weight is 573 g/mol. The number of aromatic nitrogens is 4. The molecule has 1 aromatic carbocycles. The number of carbonyl (C=O) groups excluding carboxylic acids is 2. The van der Waals surface area contributed by atoms with E-state index in [1.54, 1.807) is 42.6 Å². The number of nitrogens with two attached hydrogens (primary N) is 1. The Morgan fingerprint density at radius 3 is 2.59 bits per heavy atom. The zero-order chi connectivity index (χ0) is 30.1. The molecule has 218 valence electrons. The first-order valence-corrected chi connectivity index (χ1v) is 12.9. The normalized spacial score (nSPS) is 14.2. The lowest BCUT2D eigenvalue weighted by molar-refractivity contribution is -0.266. The standard InChI is InChI=1S/C28H31F3N6O4/c1-15(2)23(32)26(39)40-27(5,28(29,30)31)10-8-22-35-24(36-41-22)18-7-6-17(4)19(13-18)34-25(38)20-14-33-21-12-16(3)9-11-37(20)21/h6-7,9,11-15,23H,8,10,32H2,1-5H3,(H,34,38)/t23?,27-/m1/s1. The van der Waals surface area contributed by atoms with Crippen molar-refractivity contribution in [3.8, 4) is 11.4 Å². The first-order chi connectivity index (χ1) is 19.2. The van der Waals surface area contributed by atoms with Crippen LogP contribution in [-0.4, -0.2) is 49.2 Å². The number of imidazole rings is 1. The molecule has 0 aliphatic carbocycles. The maximum Gasteiger partial charge on any atom is 0.428 e. The van der Waals surface area contributed by atoms with E-state index >= 15 is 0 Å². The third-order valence-corrected chi connectivity index (χ3v) is 6.85. The van der Waals surface area contributed by atoms with Gasteiger partial charge in [-0.3, -0.25) is 14.0 Å². The molecule has 0 saturated heterocycles. The summed E-state index contributed by atoms with van der Waals surface area (Å²) < 4.78 is 53.3. The number of fused-ring (bicyclic) bond motifs is 1. The molecule has 0 spiro atoms. The van der Waals surface area contributed by atoms with Crippen LogP contribution >= 0.6 is 0 Å². The van der Waals surface area contributed by atoms with Crippen LogP contribution in [0.5, 0.6) is 0 Å². The zero-order valence-electron chi connectivity index (χ0n) is 23.2. The van der Waals surface area contributed by atoms with Crippen LogP contribution in [0.3, 0.4) is 0 Å². The Kier molecular flexibility index (Phi) is 8.20. The summed E-state index contributed by atoms with van der Waals surface area (Å²) in [6.45, 7) is 7.75. The maximum absolute atomic E-state index is 13.9. The molecule has 2 atom stereocenters. The van der Waals surface area contributed by atoms with Gasteiger partial charge in [0.25, 0.3) is 5.91 Å². The van der Waals surface area contributed by atoms with Gasteiger partial charge in [-0.05, 0) is 56.0 Å². The lowest BCUT2D eigenvalue weighted by Crippen LogP contribution is -2.50. The molecule has 10 nitrogen and oxygen atoms in total. The number of pyridine rings is 1. The van der Waals surface area contributed by atoms with Crippen molar-refractivity contribution in [2.24, 2.45) is 11.7 Å². The predicted octanol–water partition coefficient (Wildman–Crippen LogP) is 5.03. The highest BCUT2D eigenvalue weighted by atomic mass is 19.4. The topological polar surface area (TPSA) is 138 Å². The van der Waals surface area contributed by atoms with Crippen molar-refractivity contribution in [1.82, 2.24) is 19.5 Å². The van der Waals surface area contributed by atoms with Gasteiger partial charge in [0, 0.05) is 30.3 Å². The molecule has 4 rings (SSSR count). The van der Waals surface area contributed by atoms with E-state index in [9.17, 15) is 22.8 Å². The van der Waals surface area contributed by atoms with Crippen molar-refractivity contribution in [2.45, 2.75) is 65.3 Å². The molecular weight excluding hydrogens is 541 g/mol. The summed E-state index contributed by atoms with van der Waals surface area (Å²) in [7, 11) is 0. The Morgan fingerprint density at radius 1 is 1.17 bits per heavy atom. The summed E-state index contributed by atoms with van der Waals surface area (Å²) in [6.07, 6.45) is -2.57. The molecule has 3 N–H and O–H groups in total. The summed E-state index contributed by atoms with van der Waals surface area (Å²) in [5, 5.41) is 6.75. The molecule has 0 aliphatic heterocycles. The largest absolute Gasteiger partial charge is 0.448 e. The molecule has 0 saturated carbocycles. The SMILES string of the molecule is Cc1ccn2c(C(=O)Nc3cc(-c4noc(CC[C@@](C)(OC(=O)C(N)C(C)C)C(F)(F)F)n4)ccc3C)cnc2c1. The Hall–Kier alpha value is -4.26. The third-order valence-electron chi connectivity index (χ3n) is 6.85. The Labute approximate surface area is 234 Å². The van der Waals surface area contributed by atoms with E-state index in [2.05, 4.69) is 20.4 Å². The number of hydrogen-bond donors (Lipinski definition) is 2. The number of benzene rings is 1. The van der Waals surface area contributed by atoms with Crippen LogP contribution < -0.4 is 11.1 Å². The second-order valence-corrected chi connectivity index (χ2v) is 10.5. The molecule has 3 aromatic heterocycles. The van der Waals surface area contributed by atoms with Gasteiger partial charge in [-0.25, -0.2) is 4.98 Å².